The fourth-order valence-electron chi connectivity index (χ4n) is 9.80. The van der Waals surface area contributed by atoms with Gasteiger partial charge < -0.3 is 9.47 Å². The summed E-state index contributed by atoms with van der Waals surface area (Å²) in [6.07, 6.45) is 10.4. The first-order valence-corrected chi connectivity index (χ1v) is 21.3. The lowest BCUT2D eigenvalue weighted by atomic mass is 9.51. The van der Waals surface area contributed by atoms with E-state index in [2.05, 4.69) is 91.9 Å². The lowest BCUT2D eigenvalue weighted by Crippen LogP contribution is -2.48. The number of halogens is 5. The highest BCUT2D eigenvalue weighted by molar-refractivity contribution is 7.99. The molecule has 3 aromatic rings. The molecule has 3 aliphatic carbocycles. The standard InChI is InChI=1S/C46H57F5O2S/c1-44-31-37(20-13-5-3-2-4-6-14-28-54-29-15-27-45(47,48)46(49,50)51)43-39-24-22-38(52-32-34-16-9-7-10-17-34)30-36(39)21-23-40(43)41(44)25-26-42(44)53-33-35-18-11-8-12-19-35/h3,5,7-12,16-19,22,24,30,37,40-43H,2,4,6,13-15,20-21,23,25-29,31-33H2,1H3/b5-3+/t37-,40-,41-,42-,43+,44-/m0/s1. The van der Waals surface area contributed by atoms with Gasteiger partial charge in [-0.3, -0.25) is 0 Å². The molecule has 0 amide bonds. The Morgan fingerprint density at radius 3 is 2.22 bits per heavy atom. The van der Waals surface area contributed by atoms with Crippen molar-refractivity contribution >= 4 is 11.8 Å². The van der Waals surface area contributed by atoms with Crippen molar-refractivity contribution in [2.24, 2.45) is 23.2 Å². The molecule has 0 unspecified atom stereocenters. The van der Waals surface area contributed by atoms with Crippen molar-refractivity contribution < 1.29 is 31.4 Å². The van der Waals surface area contributed by atoms with Crippen LogP contribution in [0.2, 0.25) is 0 Å². The second-order valence-corrected chi connectivity index (χ2v) is 17.3. The van der Waals surface area contributed by atoms with Crippen LogP contribution in [-0.4, -0.2) is 29.7 Å². The van der Waals surface area contributed by atoms with Gasteiger partial charge in [0.25, 0.3) is 0 Å². The monoisotopic (exact) mass is 768 g/mol. The number of rotatable bonds is 19. The maximum absolute atomic E-state index is 13.1. The third-order valence-corrected chi connectivity index (χ3v) is 13.7. The molecule has 2 saturated carbocycles. The second-order valence-electron chi connectivity index (χ2n) is 16.1. The molecule has 3 aliphatic rings. The number of unbranched alkanes of at least 4 members (excludes halogenated alkanes) is 3. The lowest BCUT2D eigenvalue weighted by Gasteiger charge is -2.54. The molecule has 0 aliphatic heterocycles. The van der Waals surface area contributed by atoms with Gasteiger partial charge in [0, 0.05) is 6.42 Å². The van der Waals surface area contributed by atoms with E-state index in [0.29, 0.717) is 42.6 Å². The smallest absolute Gasteiger partial charge is 0.453 e. The molecule has 6 rings (SSSR count). The van der Waals surface area contributed by atoms with E-state index in [-0.39, 0.29) is 17.9 Å². The van der Waals surface area contributed by atoms with Crippen molar-refractivity contribution in [2.45, 2.75) is 128 Å². The van der Waals surface area contributed by atoms with E-state index in [4.69, 9.17) is 9.47 Å². The zero-order chi connectivity index (χ0) is 38.0. The Morgan fingerprint density at radius 2 is 1.48 bits per heavy atom. The average Bonchev–Trinajstić information content (AvgIpc) is 3.50. The largest absolute Gasteiger partial charge is 0.489 e. The van der Waals surface area contributed by atoms with Crippen LogP contribution in [0.15, 0.2) is 91.0 Å². The van der Waals surface area contributed by atoms with Crippen molar-refractivity contribution in [1.82, 2.24) is 0 Å². The Morgan fingerprint density at radius 1 is 0.778 bits per heavy atom. The van der Waals surface area contributed by atoms with Crippen LogP contribution in [0.3, 0.4) is 0 Å². The van der Waals surface area contributed by atoms with E-state index in [1.54, 1.807) is 0 Å². The Hall–Kier alpha value is -2.84. The van der Waals surface area contributed by atoms with E-state index in [1.165, 1.54) is 53.3 Å². The van der Waals surface area contributed by atoms with Crippen LogP contribution in [0.1, 0.15) is 112 Å². The molecular weight excluding hydrogens is 712 g/mol. The van der Waals surface area contributed by atoms with Gasteiger partial charge in [-0.2, -0.15) is 33.7 Å². The van der Waals surface area contributed by atoms with Crippen molar-refractivity contribution in [2.75, 3.05) is 11.5 Å². The van der Waals surface area contributed by atoms with Crippen molar-refractivity contribution in [3.05, 3.63) is 113 Å². The molecule has 6 atom stereocenters. The van der Waals surface area contributed by atoms with Gasteiger partial charge in [-0.25, -0.2) is 0 Å². The molecule has 0 spiro atoms. The Balaban J connectivity index is 1.03. The molecule has 0 saturated heterocycles. The summed E-state index contributed by atoms with van der Waals surface area (Å²) < 4.78 is 76.2. The van der Waals surface area contributed by atoms with E-state index >= 15 is 0 Å². The normalized spacial score (nSPS) is 25.3. The van der Waals surface area contributed by atoms with Crippen LogP contribution < -0.4 is 4.74 Å². The third-order valence-electron chi connectivity index (χ3n) is 12.5. The quantitative estimate of drug-likeness (QED) is 0.0687. The van der Waals surface area contributed by atoms with Crippen molar-refractivity contribution in [3.63, 3.8) is 0 Å². The summed E-state index contributed by atoms with van der Waals surface area (Å²) in [6, 6.07) is 27.8. The number of hydrogen-bond donors (Lipinski definition) is 0. The first kappa shape index (κ1) is 40.8. The average molecular weight is 769 g/mol. The number of fused-ring (bicyclic) bond motifs is 5. The third kappa shape index (κ3) is 10.3. The first-order chi connectivity index (χ1) is 26.0. The molecule has 2 nitrogen and oxygen atoms in total. The molecule has 8 heteroatoms. The van der Waals surface area contributed by atoms with Gasteiger partial charge in [-0.05, 0) is 146 Å². The van der Waals surface area contributed by atoms with Gasteiger partial charge in [0.2, 0.25) is 0 Å². The Kier molecular flexibility index (Phi) is 14.3. The Bertz CT molecular complexity index is 1610. The molecule has 2 fully saturated rings. The van der Waals surface area contributed by atoms with Crippen molar-refractivity contribution in [3.8, 4) is 5.75 Å². The minimum atomic E-state index is -5.45. The molecule has 3 aromatic carbocycles. The summed E-state index contributed by atoms with van der Waals surface area (Å²) in [5.74, 6) is -0.0559. The summed E-state index contributed by atoms with van der Waals surface area (Å²) in [6.45, 7) is 3.78. The van der Waals surface area contributed by atoms with Gasteiger partial charge in [-0.15, -0.1) is 0 Å². The lowest BCUT2D eigenvalue weighted by molar-refractivity contribution is -0.284. The zero-order valence-corrected chi connectivity index (χ0v) is 32.5. The van der Waals surface area contributed by atoms with Crippen LogP contribution >= 0.6 is 11.8 Å². The van der Waals surface area contributed by atoms with Crippen LogP contribution in [-0.2, 0) is 24.4 Å². The van der Waals surface area contributed by atoms with Gasteiger partial charge in [0.05, 0.1) is 12.7 Å². The molecule has 0 bridgehead atoms. The first-order valence-electron chi connectivity index (χ1n) is 20.2. The molecule has 0 aromatic heterocycles. The fraction of sp³-hybridized carbons (Fsp3) is 0.565. The summed E-state index contributed by atoms with van der Waals surface area (Å²) in [5, 5.41) is 0. The minimum Gasteiger partial charge on any atom is -0.489 e. The van der Waals surface area contributed by atoms with Crippen molar-refractivity contribution in [1.29, 1.82) is 0 Å². The molecule has 54 heavy (non-hydrogen) atoms. The predicted molar refractivity (Wildman–Crippen MR) is 210 cm³/mol. The van der Waals surface area contributed by atoms with Crippen LogP contribution in [0.4, 0.5) is 22.0 Å². The number of alkyl halides is 5. The zero-order valence-electron chi connectivity index (χ0n) is 31.7. The fourth-order valence-corrected chi connectivity index (χ4v) is 10.8. The maximum atomic E-state index is 13.1. The number of allylic oxidation sites excluding steroid dienone is 2. The number of aryl methyl sites for hydroxylation is 1. The van der Waals surface area contributed by atoms with Gasteiger partial charge in [0.1, 0.15) is 12.4 Å². The highest BCUT2D eigenvalue weighted by Gasteiger charge is 2.58. The number of ether oxygens (including phenoxy) is 2. The second kappa shape index (κ2) is 18.9. The number of hydrogen-bond acceptors (Lipinski definition) is 3. The summed E-state index contributed by atoms with van der Waals surface area (Å²) >= 11 is 1.47. The van der Waals surface area contributed by atoms with E-state index < -0.39 is 18.5 Å². The van der Waals surface area contributed by atoms with Gasteiger partial charge >= 0.3 is 12.1 Å². The van der Waals surface area contributed by atoms with E-state index in [1.807, 2.05) is 6.07 Å². The SMILES string of the molecule is C[C@]12C[C@H](CC/C=C/CCCCCSCCCC(F)(F)C(F)(F)F)[C@@H]3c4ccc(OCc5ccccc5)cc4CC[C@H]3[C@@H]1CC[C@@H]2OCc1ccccc1. The van der Waals surface area contributed by atoms with Crippen LogP contribution in [0.25, 0.3) is 0 Å². The highest BCUT2D eigenvalue weighted by atomic mass is 32.2. The topological polar surface area (TPSA) is 18.5 Å². The highest BCUT2D eigenvalue weighted by Crippen LogP contribution is 2.64. The molecule has 0 heterocycles. The van der Waals surface area contributed by atoms with E-state index in [9.17, 15) is 22.0 Å². The molecule has 294 valence electrons. The van der Waals surface area contributed by atoms with Crippen LogP contribution in [0.5, 0.6) is 5.75 Å². The predicted octanol–water partition coefficient (Wildman–Crippen LogP) is 13.5. The van der Waals surface area contributed by atoms with Gasteiger partial charge in [0.15, 0.2) is 0 Å². The van der Waals surface area contributed by atoms with Gasteiger partial charge in [-0.1, -0.05) is 92.2 Å². The summed E-state index contributed by atoms with van der Waals surface area (Å²) in [5.41, 5.74) is 5.57. The number of thioether (sulfide) groups is 1. The molecule has 0 radical (unpaired) electrons. The Labute approximate surface area is 323 Å². The van der Waals surface area contributed by atoms with Crippen LogP contribution in [0, 0.1) is 23.2 Å². The van der Waals surface area contributed by atoms with E-state index in [0.717, 1.165) is 62.9 Å². The minimum absolute atomic E-state index is 0.126. The number of benzene rings is 3. The molecule has 0 N–H and O–H groups in total. The summed E-state index contributed by atoms with van der Waals surface area (Å²) in [4.78, 5) is 0. The maximum Gasteiger partial charge on any atom is 0.453 e. The summed E-state index contributed by atoms with van der Waals surface area (Å²) in [7, 11) is 0. The molecular formula is C46H57F5O2S.